The Hall–Kier alpha value is -1.97. The fraction of sp³-hybridized carbons (Fsp3) is 0.438. The van der Waals surface area contributed by atoms with Crippen molar-refractivity contribution in [3.8, 4) is 0 Å². The highest BCUT2D eigenvalue weighted by atomic mass is 16.2. The third kappa shape index (κ3) is 2.64. The van der Waals surface area contributed by atoms with Crippen LogP contribution in [0, 0.1) is 0 Å². The first-order valence-corrected chi connectivity index (χ1v) is 7.31. The van der Waals surface area contributed by atoms with Gasteiger partial charge in [-0.1, -0.05) is 31.0 Å². The van der Waals surface area contributed by atoms with Crippen molar-refractivity contribution in [2.24, 2.45) is 7.05 Å². The molecular weight excluding hydrogens is 250 g/mol. The number of carbonyl (C=O) groups is 1. The lowest BCUT2D eigenvalue weighted by molar-refractivity contribution is 0.237. The normalized spacial score (nSPS) is 15.7. The van der Waals surface area contributed by atoms with Crippen molar-refractivity contribution < 1.29 is 4.79 Å². The van der Waals surface area contributed by atoms with Gasteiger partial charge in [0, 0.05) is 36.7 Å². The number of hydrogen-bond acceptors (Lipinski definition) is 1. The van der Waals surface area contributed by atoms with Gasteiger partial charge in [-0.05, 0) is 24.5 Å². The summed E-state index contributed by atoms with van der Waals surface area (Å²) in [5, 5.41) is 7.22. The van der Waals surface area contributed by atoms with Crippen molar-refractivity contribution in [2.45, 2.75) is 38.3 Å². The molecule has 1 fully saturated rings. The molecule has 3 rings (SSSR count). The predicted molar refractivity (Wildman–Crippen MR) is 80.5 cm³/mol. The average Bonchev–Trinajstić information content (AvgIpc) is 3.06. The number of carbonyl (C=O) groups excluding carboxylic acids is 1. The van der Waals surface area contributed by atoms with Crippen LogP contribution in [-0.2, 0) is 13.6 Å². The maximum atomic E-state index is 11.9. The molecule has 0 bridgehead atoms. The molecular formula is C16H21N3O. The molecule has 20 heavy (non-hydrogen) atoms. The third-order valence-electron chi connectivity index (χ3n) is 4.11. The van der Waals surface area contributed by atoms with Crippen molar-refractivity contribution in [1.29, 1.82) is 0 Å². The highest BCUT2D eigenvalue weighted by Gasteiger charge is 2.17. The topological polar surface area (TPSA) is 46.1 Å². The van der Waals surface area contributed by atoms with Gasteiger partial charge in [-0.15, -0.1) is 0 Å². The second-order valence-corrected chi connectivity index (χ2v) is 5.59. The van der Waals surface area contributed by atoms with Crippen LogP contribution in [0.15, 0.2) is 30.5 Å². The molecule has 2 N–H and O–H groups in total. The zero-order valence-electron chi connectivity index (χ0n) is 11.9. The summed E-state index contributed by atoms with van der Waals surface area (Å²) in [6.45, 7) is 0.569. The number of aromatic nitrogens is 1. The Bertz CT molecular complexity index is 611. The van der Waals surface area contributed by atoms with E-state index in [-0.39, 0.29) is 6.03 Å². The average molecular weight is 271 g/mol. The molecule has 0 unspecified atom stereocenters. The van der Waals surface area contributed by atoms with Gasteiger partial charge >= 0.3 is 6.03 Å². The van der Waals surface area contributed by atoms with E-state index in [2.05, 4.69) is 33.5 Å². The van der Waals surface area contributed by atoms with E-state index in [1.165, 1.54) is 23.7 Å². The van der Waals surface area contributed by atoms with E-state index in [1.54, 1.807) is 0 Å². The van der Waals surface area contributed by atoms with Gasteiger partial charge in [0.15, 0.2) is 0 Å². The first-order valence-electron chi connectivity index (χ1n) is 7.31. The molecule has 0 aliphatic heterocycles. The number of aryl methyl sites for hydroxylation is 1. The molecule has 4 heteroatoms. The molecule has 1 aromatic carbocycles. The lowest BCUT2D eigenvalue weighted by Gasteiger charge is -2.12. The van der Waals surface area contributed by atoms with Crippen LogP contribution in [0.2, 0.25) is 0 Å². The molecule has 2 aromatic rings. The number of benzene rings is 1. The van der Waals surface area contributed by atoms with Gasteiger partial charge in [-0.2, -0.15) is 0 Å². The molecule has 1 saturated carbocycles. The molecule has 1 heterocycles. The van der Waals surface area contributed by atoms with Crippen LogP contribution in [0.1, 0.15) is 31.2 Å². The summed E-state index contributed by atoms with van der Waals surface area (Å²) in [5.74, 6) is 0. The van der Waals surface area contributed by atoms with Crippen LogP contribution in [0.25, 0.3) is 10.9 Å². The lowest BCUT2D eigenvalue weighted by atomic mass is 10.2. The summed E-state index contributed by atoms with van der Waals surface area (Å²) < 4.78 is 2.10. The molecule has 1 aliphatic rings. The number of para-hydroxylation sites is 1. The van der Waals surface area contributed by atoms with Crippen LogP contribution < -0.4 is 10.6 Å². The third-order valence-corrected chi connectivity index (χ3v) is 4.11. The van der Waals surface area contributed by atoms with E-state index in [4.69, 9.17) is 0 Å². The van der Waals surface area contributed by atoms with E-state index >= 15 is 0 Å². The molecule has 0 atom stereocenters. The SMILES string of the molecule is Cn1cc(CNC(=O)NC2CCCC2)c2ccccc21. The summed E-state index contributed by atoms with van der Waals surface area (Å²) in [6, 6.07) is 8.57. The van der Waals surface area contributed by atoms with E-state index in [0.29, 0.717) is 12.6 Å². The molecule has 0 radical (unpaired) electrons. The Morgan fingerprint density at radius 1 is 1.30 bits per heavy atom. The van der Waals surface area contributed by atoms with Gasteiger partial charge in [0.25, 0.3) is 0 Å². The minimum atomic E-state index is -0.0511. The zero-order valence-corrected chi connectivity index (χ0v) is 11.9. The van der Waals surface area contributed by atoms with Crippen LogP contribution in [0.4, 0.5) is 4.79 Å². The minimum Gasteiger partial charge on any atom is -0.350 e. The number of nitrogens with zero attached hydrogens (tertiary/aromatic N) is 1. The Morgan fingerprint density at radius 3 is 2.85 bits per heavy atom. The Labute approximate surface area is 119 Å². The van der Waals surface area contributed by atoms with Gasteiger partial charge in [0.05, 0.1) is 0 Å². The fourth-order valence-electron chi connectivity index (χ4n) is 3.05. The van der Waals surface area contributed by atoms with Crippen LogP contribution >= 0.6 is 0 Å². The van der Waals surface area contributed by atoms with Gasteiger partial charge in [-0.3, -0.25) is 0 Å². The van der Waals surface area contributed by atoms with Crippen molar-refractivity contribution in [3.05, 3.63) is 36.0 Å². The molecule has 2 amide bonds. The second kappa shape index (κ2) is 5.57. The second-order valence-electron chi connectivity index (χ2n) is 5.59. The highest BCUT2D eigenvalue weighted by Crippen LogP contribution is 2.20. The smallest absolute Gasteiger partial charge is 0.315 e. The molecule has 4 nitrogen and oxygen atoms in total. The number of fused-ring (bicyclic) bond motifs is 1. The maximum Gasteiger partial charge on any atom is 0.315 e. The monoisotopic (exact) mass is 271 g/mol. The first kappa shape index (κ1) is 13.0. The highest BCUT2D eigenvalue weighted by molar-refractivity contribution is 5.84. The van der Waals surface area contributed by atoms with Crippen molar-refractivity contribution >= 4 is 16.9 Å². The number of nitrogens with one attached hydrogen (secondary N) is 2. The number of rotatable bonds is 3. The zero-order chi connectivity index (χ0) is 13.9. The van der Waals surface area contributed by atoms with Crippen LogP contribution in [-0.4, -0.2) is 16.6 Å². The van der Waals surface area contributed by atoms with E-state index in [1.807, 2.05) is 19.2 Å². The molecule has 0 saturated heterocycles. The number of hydrogen-bond donors (Lipinski definition) is 2. The van der Waals surface area contributed by atoms with Crippen molar-refractivity contribution in [3.63, 3.8) is 0 Å². The molecule has 106 valence electrons. The minimum absolute atomic E-state index is 0.0511. The lowest BCUT2D eigenvalue weighted by Crippen LogP contribution is -2.40. The quantitative estimate of drug-likeness (QED) is 0.886. The molecule has 1 aliphatic carbocycles. The van der Waals surface area contributed by atoms with E-state index in [9.17, 15) is 4.79 Å². The predicted octanol–water partition coefficient (Wildman–Crippen LogP) is 2.92. The van der Waals surface area contributed by atoms with Crippen LogP contribution in [0.3, 0.4) is 0 Å². The number of amides is 2. The summed E-state index contributed by atoms with van der Waals surface area (Å²) in [6.07, 6.45) is 6.77. The van der Waals surface area contributed by atoms with E-state index in [0.717, 1.165) is 18.4 Å². The Balaban J connectivity index is 1.63. The van der Waals surface area contributed by atoms with Gasteiger partial charge < -0.3 is 15.2 Å². The number of urea groups is 1. The summed E-state index contributed by atoms with van der Waals surface area (Å²) in [7, 11) is 2.03. The van der Waals surface area contributed by atoms with Crippen molar-refractivity contribution in [1.82, 2.24) is 15.2 Å². The van der Waals surface area contributed by atoms with Gasteiger partial charge in [-0.25, -0.2) is 4.79 Å². The van der Waals surface area contributed by atoms with Gasteiger partial charge in [0.1, 0.15) is 0 Å². The first-order chi connectivity index (χ1) is 9.74. The standard InChI is InChI=1S/C16H21N3O/c1-19-11-12(14-8-4-5-9-15(14)19)10-17-16(20)18-13-6-2-3-7-13/h4-5,8-9,11,13H,2-3,6-7,10H2,1H3,(H2,17,18,20). The fourth-order valence-corrected chi connectivity index (χ4v) is 3.05. The van der Waals surface area contributed by atoms with Crippen LogP contribution in [0.5, 0.6) is 0 Å². The van der Waals surface area contributed by atoms with E-state index < -0.39 is 0 Å². The summed E-state index contributed by atoms with van der Waals surface area (Å²) >= 11 is 0. The Kier molecular flexibility index (Phi) is 3.63. The molecule has 0 spiro atoms. The largest absolute Gasteiger partial charge is 0.350 e. The Morgan fingerprint density at radius 2 is 2.05 bits per heavy atom. The summed E-state index contributed by atoms with van der Waals surface area (Å²) in [5.41, 5.74) is 2.35. The molecule has 1 aromatic heterocycles. The maximum absolute atomic E-state index is 11.9. The van der Waals surface area contributed by atoms with Gasteiger partial charge in [0.2, 0.25) is 0 Å². The summed E-state index contributed by atoms with van der Waals surface area (Å²) in [4.78, 5) is 11.9. The van der Waals surface area contributed by atoms with Crippen molar-refractivity contribution in [2.75, 3.05) is 0 Å².